The minimum Gasteiger partial charge on any atom is -0.508 e. The smallest absolute Gasteiger partial charge is 0.118 e. The molecule has 0 bridgehead atoms. The Bertz CT molecular complexity index is 427. The third-order valence-electron chi connectivity index (χ3n) is 4.59. The van der Waals surface area contributed by atoms with Gasteiger partial charge in [0.05, 0.1) is 0 Å². The second kappa shape index (κ2) is 5.21. The lowest BCUT2D eigenvalue weighted by molar-refractivity contribution is 0.253. The van der Waals surface area contributed by atoms with Crippen molar-refractivity contribution in [2.45, 2.75) is 53.0 Å². The molecule has 0 radical (unpaired) electrons. The number of phenolic OH excluding ortho intramolecular Hbond substituents is 1. The summed E-state index contributed by atoms with van der Waals surface area (Å²) in [4.78, 5) is 0. The molecule has 0 amide bonds. The number of aromatic hydroxyl groups is 1. The van der Waals surface area contributed by atoms with Crippen LogP contribution in [0.3, 0.4) is 0 Å². The summed E-state index contributed by atoms with van der Waals surface area (Å²) in [5.74, 6) is 1.91. The maximum atomic E-state index is 9.70. The van der Waals surface area contributed by atoms with Gasteiger partial charge >= 0.3 is 0 Å². The molecule has 0 aliphatic heterocycles. The zero-order chi connectivity index (χ0) is 13.3. The molecular formula is C16H25NO. The van der Waals surface area contributed by atoms with Crippen molar-refractivity contribution in [3.05, 3.63) is 23.3 Å². The van der Waals surface area contributed by atoms with E-state index in [0.717, 1.165) is 17.0 Å². The summed E-state index contributed by atoms with van der Waals surface area (Å²) in [5.41, 5.74) is 3.25. The Morgan fingerprint density at radius 3 is 2.56 bits per heavy atom. The van der Waals surface area contributed by atoms with Crippen molar-refractivity contribution in [2.24, 2.45) is 11.8 Å². The maximum absolute atomic E-state index is 9.70. The van der Waals surface area contributed by atoms with E-state index in [-0.39, 0.29) is 0 Å². The van der Waals surface area contributed by atoms with E-state index in [2.05, 4.69) is 32.2 Å². The Kier molecular flexibility index (Phi) is 3.84. The number of aryl methyl sites for hydroxylation is 2. The lowest BCUT2D eigenvalue weighted by atomic mass is 9.78. The van der Waals surface area contributed by atoms with E-state index in [9.17, 15) is 5.11 Å². The molecule has 100 valence electrons. The van der Waals surface area contributed by atoms with Gasteiger partial charge in [0.1, 0.15) is 5.75 Å². The highest BCUT2D eigenvalue weighted by Gasteiger charge is 2.27. The van der Waals surface area contributed by atoms with Crippen LogP contribution in [0.5, 0.6) is 5.75 Å². The Morgan fingerprint density at radius 1 is 1.11 bits per heavy atom. The van der Waals surface area contributed by atoms with Gasteiger partial charge < -0.3 is 10.4 Å². The zero-order valence-electron chi connectivity index (χ0n) is 12.0. The number of anilines is 1. The molecule has 2 heteroatoms. The lowest BCUT2D eigenvalue weighted by Gasteiger charge is -2.35. The Labute approximate surface area is 110 Å². The quantitative estimate of drug-likeness (QED) is 0.766. The monoisotopic (exact) mass is 247 g/mol. The predicted molar refractivity (Wildman–Crippen MR) is 77.2 cm³/mol. The topological polar surface area (TPSA) is 32.3 Å². The van der Waals surface area contributed by atoms with Gasteiger partial charge in [-0.2, -0.15) is 0 Å². The van der Waals surface area contributed by atoms with Crippen LogP contribution in [0.1, 0.15) is 44.2 Å². The molecule has 3 atom stereocenters. The molecule has 1 aliphatic carbocycles. The molecule has 1 fully saturated rings. The highest BCUT2D eigenvalue weighted by molar-refractivity contribution is 5.57. The van der Waals surface area contributed by atoms with Crippen LogP contribution >= 0.6 is 0 Å². The average Bonchev–Trinajstić information content (AvgIpc) is 2.32. The Balaban J connectivity index is 2.16. The molecule has 0 aromatic heterocycles. The van der Waals surface area contributed by atoms with Crippen molar-refractivity contribution in [3.8, 4) is 5.75 Å². The van der Waals surface area contributed by atoms with Crippen LogP contribution < -0.4 is 5.32 Å². The third-order valence-corrected chi connectivity index (χ3v) is 4.59. The Morgan fingerprint density at radius 2 is 1.83 bits per heavy atom. The summed E-state index contributed by atoms with van der Waals surface area (Å²) >= 11 is 0. The molecule has 1 aromatic rings. The molecule has 1 aliphatic rings. The van der Waals surface area contributed by atoms with E-state index >= 15 is 0 Å². The number of hydrogen-bond acceptors (Lipinski definition) is 2. The molecule has 2 nitrogen and oxygen atoms in total. The van der Waals surface area contributed by atoms with E-state index in [1.54, 1.807) is 0 Å². The van der Waals surface area contributed by atoms with Gasteiger partial charge in [-0.25, -0.2) is 0 Å². The first-order chi connectivity index (χ1) is 8.49. The lowest BCUT2D eigenvalue weighted by Crippen LogP contribution is -2.35. The SMILES string of the molecule is Cc1cc(NC2CCCC(C)C2C)c(C)cc1O. The van der Waals surface area contributed by atoms with Gasteiger partial charge in [0, 0.05) is 11.7 Å². The first kappa shape index (κ1) is 13.3. The number of hydrogen-bond donors (Lipinski definition) is 2. The number of phenols is 1. The van der Waals surface area contributed by atoms with Crippen molar-refractivity contribution in [1.29, 1.82) is 0 Å². The first-order valence-corrected chi connectivity index (χ1v) is 7.05. The van der Waals surface area contributed by atoms with Crippen molar-refractivity contribution in [2.75, 3.05) is 5.32 Å². The second-order valence-electron chi connectivity index (χ2n) is 5.97. The van der Waals surface area contributed by atoms with Crippen molar-refractivity contribution >= 4 is 5.69 Å². The second-order valence-corrected chi connectivity index (χ2v) is 5.97. The predicted octanol–water partition coefficient (Wildman–Crippen LogP) is 4.25. The van der Waals surface area contributed by atoms with E-state index in [4.69, 9.17) is 0 Å². The van der Waals surface area contributed by atoms with Crippen LogP contribution in [-0.4, -0.2) is 11.1 Å². The van der Waals surface area contributed by atoms with Crippen molar-refractivity contribution < 1.29 is 5.11 Å². The van der Waals surface area contributed by atoms with E-state index in [1.165, 1.54) is 24.9 Å². The van der Waals surface area contributed by atoms with Crippen LogP contribution in [0.15, 0.2) is 12.1 Å². The summed E-state index contributed by atoms with van der Waals surface area (Å²) in [6.07, 6.45) is 3.93. The van der Waals surface area contributed by atoms with Crippen molar-refractivity contribution in [1.82, 2.24) is 0 Å². The van der Waals surface area contributed by atoms with Crippen LogP contribution in [0, 0.1) is 25.7 Å². The highest BCUT2D eigenvalue weighted by atomic mass is 16.3. The minimum absolute atomic E-state index is 0.392. The van der Waals surface area contributed by atoms with E-state index in [0.29, 0.717) is 17.7 Å². The summed E-state index contributed by atoms with van der Waals surface area (Å²) in [6, 6.07) is 4.49. The third kappa shape index (κ3) is 2.63. The number of rotatable bonds is 2. The summed E-state index contributed by atoms with van der Waals surface area (Å²) in [6.45, 7) is 8.71. The van der Waals surface area contributed by atoms with Gasteiger partial charge in [-0.3, -0.25) is 0 Å². The Hall–Kier alpha value is -1.18. The molecular weight excluding hydrogens is 222 g/mol. The molecule has 0 saturated heterocycles. The summed E-state index contributed by atoms with van der Waals surface area (Å²) < 4.78 is 0. The molecule has 2 N–H and O–H groups in total. The van der Waals surface area contributed by atoms with Gasteiger partial charge in [-0.05, 0) is 55.4 Å². The van der Waals surface area contributed by atoms with Gasteiger partial charge in [0.25, 0.3) is 0 Å². The van der Waals surface area contributed by atoms with Crippen molar-refractivity contribution in [3.63, 3.8) is 0 Å². The maximum Gasteiger partial charge on any atom is 0.118 e. The van der Waals surface area contributed by atoms with Gasteiger partial charge in [-0.1, -0.05) is 26.7 Å². The fourth-order valence-corrected chi connectivity index (χ4v) is 2.94. The van der Waals surface area contributed by atoms with Gasteiger partial charge in [0.2, 0.25) is 0 Å². The fraction of sp³-hybridized carbons (Fsp3) is 0.625. The summed E-state index contributed by atoms with van der Waals surface area (Å²) in [5, 5.41) is 13.4. The van der Waals surface area contributed by atoms with Gasteiger partial charge in [0.15, 0.2) is 0 Å². The molecule has 0 spiro atoms. The standard InChI is InChI=1S/C16H25NO/c1-10-6-5-7-14(13(10)4)17-15-8-12(3)16(18)9-11(15)2/h8-10,13-14,17-18H,5-7H2,1-4H3. The molecule has 18 heavy (non-hydrogen) atoms. The zero-order valence-corrected chi connectivity index (χ0v) is 12.0. The highest BCUT2D eigenvalue weighted by Crippen LogP contribution is 2.33. The van der Waals surface area contributed by atoms with Crippen LogP contribution in [0.4, 0.5) is 5.69 Å². The molecule has 1 aromatic carbocycles. The van der Waals surface area contributed by atoms with E-state index in [1.807, 2.05) is 13.0 Å². The number of benzene rings is 1. The van der Waals surface area contributed by atoms with Crippen LogP contribution in [0.25, 0.3) is 0 Å². The number of nitrogens with one attached hydrogen (secondary N) is 1. The molecule has 1 saturated carbocycles. The minimum atomic E-state index is 0.392. The largest absolute Gasteiger partial charge is 0.508 e. The van der Waals surface area contributed by atoms with Crippen LogP contribution in [0.2, 0.25) is 0 Å². The first-order valence-electron chi connectivity index (χ1n) is 7.05. The summed E-state index contributed by atoms with van der Waals surface area (Å²) in [7, 11) is 0. The fourth-order valence-electron chi connectivity index (χ4n) is 2.94. The van der Waals surface area contributed by atoms with Crippen LogP contribution in [-0.2, 0) is 0 Å². The molecule has 3 unspecified atom stereocenters. The normalized spacial score (nSPS) is 28.1. The molecule has 2 rings (SSSR count). The van der Waals surface area contributed by atoms with E-state index < -0.39 is 0 Å². The average molecular weight is 247 g/mol. The molecule has 0 heterocycles. The van der Waals surface area contributed by atoms with Gasteiger partial charge in [-0.15, -0.1) is 0 Å².